The van der Waals surface area contributed by atoms with Crippen LogP contribution < -0.4 is 19.8 Å². The first-order chi connectivity index (χ1) is 15.7. The lowest BCUT2D eigenvalue weighted by Crippen LogP contribution is -2.44. The first kappa shape index (κ1) is 29.9. The van der Waals surface area contributed by atoms with E-state index in [0.29, 0.717) is 37.0 Å². The van der Waals surface area contributed by atoms with Crippen LogP contribution in [0.3, 0.4) is 0 Å². The Kier molecular flexibility index (Phi) is 11.1. The molecule has 9 nitrogen and oxygen atoms in total. The van der Waals surface area contributed by atoms with E-state index in [2.05, 4.69) is 46.5 Å². The summed E-state index contributed by atoms with van der Waals surface area (Å²) < 4.78 is 54.7. The quantitative estimate of drug-likeness (QED) is 0.111. The maximum Gasteiger partial charge on any atom is 0.427 e. The number of ether oxygens (including phenoxy) is 3. The van der Waals surface area contributed by atoms with Crippen LogP contribution in [0.15, 0.2) is 23.3 Å². The Morgan fingerprint density at radius 1 is 1.26 bits per heavy atom. The molecule has 14 heteroatoms. The molecule has 1 aliphatic rings. The summed E-state index contributed by atoms with van der Waals surface area (Å²) >= 11 is 2.12. The van der Waals surface area contributed by atoms with Crippen molar-refractivity contribution in [3.8, 4) is 5.75 Å². The number of alkyl halides is 3. The average molecular weight is 620 g/mol. The molecule has 1 aromatic rings. The molecule has 0 fully saturated rings. The number of fused-ring (bicyclic) bond motifs is 1. The van der Waals surface area contributed by atoms with Crippen LogP contribution in [0.1, 0.15) is 34.6 Å². The van der Waals surface area contributed by atoms with Crippen molar-refractivity contribution in [1.29, 1.82) is 0 Å². The predicted octanol–water partition coefficient (Wildman–Crippen LogP) is 5.51. The summed E-state index contributed by atoms with van der Waals surface area (Å²) in [5.41, 5.74) is 0.812. The van der Waals surface area contributed by atoms with E-state index in [-0.39, 0.29) is 5.41 Å². The van der Waals surface area contributed by atoms with Gasteiger partial charge in [-0.05, 0) is 32.0 Å². The van der Waals surface area contributed by atoms with Gasteiger partial charge in [-0.15, -0.1) is 5.10 Å². The van der Waals surface area contributed by atoms with Gasteiger partial charge in [-0.1, -0.05) is 20.8 Å². The Balaban J connectivity index is 0.000000445. The van der Waals surface area contributed by atoms with E-state index in [1.54, 1.807) is 25.2 Å². The third kappa shape index (κ3) is 8.92. The second-order valence-corrected chi connectivity index (χ2v) is 10.1. The number of hydrazone groups is 1. The molecule has 0 saturated heterocycles. The average Bonchev–Trinajstić information content (AvgIpc) is 2.71. The summed E-state index contributed by atoms with van der Waals surface area (Å²) in [5.74, 6) is 1.03. The minimum absolute atomic E-state index is 0.246. The molecule has 2 N–H and O–H groups in total. The third-order valence-electron chi connectivity index (χ3n) is 4.15. The van der Waals surface area contributed by atoms with Crippen LogP contribution in [0.4, 0.5) is 29.3 Å². The predicted molar refractivity (Wildman–Crippen MR) is 134 cm³/mol. The van der Waals surface area contributed by atoms with Gasteiger partial charge in [0, 0.05) is 48.5 Å². The second-order valence-electron chi connectivity index (χ2n) is 8.33. The largest absolute Gasteiger partial charge is 0.489 e. The van der Waals surface area contributed by atoms with Gasteiger partial charge >= 0.3 is 12.3 Å². The monoisotopic (exact) mass is 620 g/mol. The number of amides is 1. The third-order valence-corrected chi connectivity index (χ3v) is 6.13. The molecule has 0 radical (unpaired) electrons. The van der Waals surface area contributed by atoms with Gasteiger partial charge in [-0.2, -0.15) is 13.2 Å². The normalized spacial score (nSPS) is 14.1. The van der Waals surface area contributed by atoms with Crippen LogP contribution in [0.2, 0.25) is 0 Å². The fourth-order valence-corrected chi connectivity index (χ4v) is 3.88. The van der Waals surface area contributed by atoms with E-state index in [9.17, 15) is 22.8 Å². The van der Waals surface area contributed by atoms with Gasteiger partial charge in [-0.25, -0.2) is 4.79 Å². The number of nitrogens with one attached hydrogen (secondary N) is 2. The first-order valence-corrected chi connectivity index (χ1v) is 13.2. The Morgan fingerprint density at radius 2 is 1.91 bits per heavy atom. The van der Waals surface area contributed by atoms with Crippen LogP contribution in [-0.4, -0.2) is 50.4 Å². The maximum atomic E-state index is 12.7. The fourth-order valence-electron chi connectivity index (χ4n) is 2.29. The number of anilines is 2. The van der Waals surface area contributed by atoms with Crippen LogP contribution in [0.25, 0.3) is 0 Å². The van der Waals surface area contributed by atoms with Gasteiger partial charge < -0.3 is 23.9 Å². The molecule has 0 bridgehead atoms. The van der Waals surface area contributed by atoms with Crippen molar-refractivity contribution in [2.75, 3.05) is 29.8 Å². The lowest BCUT2D eigenvalue weighted by atomic mass is 9.97. The smallest absolute Gasteiger partial charge is 0.427 e. The molecule has 1 aliphatic heterocycles. The van der Waals surface area contributed by atoms with Crippen molar-refractivity contribution >= 4 is 60.2 Å². The highest BCUT2D eigenvalue weighted by Crippen LogP contribution is 2.39. The summed E-state index contributed by atoms with van der Waals surface area (Å²) in [4.78, 5) is 21.7. The van der Waals surface area contributed by atoms with E-state index >= 15 is 0 Å². The summed E-state index contributed by atoms with van der Waals surface area (Å²) in [6, 6.07) is 4.82. The molecule has 1 heterocycles. The van der Waals surface area contributed by atoms with Gasteiger partial charge in [-0.3, -0.25) is 10.1 Å². The number of benzene rings is 1. The molecule has 0 unspecified atom stereocenters. The lowest BCUT2D eigenvalue weighted by Gasteiger charge is -2.29. The van der Waals surface area contributed by atoms with Gasteiger partial charge in [0.05, 0.1) is 12.2 Å². The molecular formula is C20H28F3IN4O5S. The number of nitrogens with zero attached hydrogens (tertiary/aromatic N) is 2. The van der Waals surface area contributed by atoms with Crippen molar-refractivity contribution in [3.05, 3.63) is 18.2 Å². The number of rotatable bonds is 5. The maximum absolute atomic E-state index is 12.7. The van der Waals surface area contributed by atoms with Crippen molar-refractivity contribution < 1.29 is 37.0 Å². The minimum atomic E-state index is -4.65. The SMILES string of the molecule is CC(C)(OC(=O)Nc1ccc2c(c1)N(SI)CCO2)C(F)(F)F.CN/N=C(\OC=O)C(C)(C)C. The molecule has 2 rings (SSSR count). The summed E-state index contributed by atoms with van der Waals surface area (Å²) in [6.07, 6.45) is -5.82. The highest BCUT2D eigenvalue weighted by molar-refractivity contribution is 14.2. The van der Waals surface area contributed by atoms with Crippen molar-refractivity contribution in [3.63, 3.8) is 0 Å². The Bertz CT molecular complexity index is 879. The zero-order valence-electron chi connectivity index (χ0n) is 19.6. The standard InChI is InChI=1S/C13H14F3IN2O3S.C7H14N2O2/c1-12(2,13(14,15)16)22-11(20)18-8-3-4-10-9(7-8)19(23-17)5-6-21-10;1-7(2,3)6(9-8-4)11-5-10/h3-4,7H,5-6H2,1-2H3,(H,18,20);5,8H,1-4H3/b;9-6-. The van der Waals surface area contributed by atoms with Crippen molar-refractivity contribution in [1.82, 2.24) is 5.43 Å². The Hall–Kier alpha value is -2.10. The first-order valence-electron chi connectivity index (χ1n) is 9.91. The molecule has 34 heavy (non-hydrogen) atoms. The van der Waals surface area contributed by atoms with Crippen LogP contribution >= 0.6 is 30.3 Å². The van der Waals surface area contributed by atoms with Crippen molar-refractivity contribution in [2.24, 2.45) is 10.5 Å². The highest BCUT2D eigenvalue weighted by atomic mass is 127. The summed E-state index contributed by atoms with van der Waals surface area (Å²) in [7, 11) is 3.11. The molecular weight excluding hydrogens is 592 g/mol. The summed E-state index contributed by atoms with van der Waals surface area (Å²) in [5, 5.41) is 6.11. The van der Waals surface area contributed by atoms with Crippen LogP contribution in [0.5, 0.6) is 5.75 Å². The minimum Gasteiger partial charge on any atom is -0.489 e. The van der Waals surface area contributed by atoms with E-state index < -0.39 is 17.9 Å². The van der Waals surface area contributed by atoms with Crippen molar-refractivity contribution in [2.45, 2.75) is 46.4 Å². The van der Waals surface area contributed by atoms with Gasteiger partial charge in [0.1, 0.15) is 12.4 Å². The highest BCUT2D eigenvalue weighted by Gasteiger charge is 2.51. The second kappa shape index (κ2) is 12.6. The van der Waals surface area contributed by atoms with Gasteiger partial charge in [0.15, 0.2) is 0 Å². The van der Waals surface area contributed by atoms with Gasteiger partial charge in [0.25, 0.3) is 6.47 Å². The summed E-state index contributed by atoms with van der Waals surface area (Å²) in [6.45, 7) is 8.89. The number of halogens is 4. The zero-order chi connectivity index (χ0) is 26.2. The fraction of sp³-hybridized carbons (Fsp3) is 0.550. The number of carbonyl (C=O) groups excluding carboxylic acids is 2. The number of hydrogen-bond donors (Lipinski definition) is 2. The molecule has 1 amide bonds. The van der Waals surface area contributed by atoms with Gasteiger partial charge in [0.2, 0.25) is 11.5 Å². The molecule has 0 atom stereocenters. The van der Waals surface area contributed by atoms with E-state index in [1.165, 1.54) is 9.12 Å². The molecule has 1 aromatic carbocycles. The molecule has 0 aromatic heterocycles. The Labute approximate surface area is 212 Å². The number of hydrogen-bond acceptors (Lipinski definition) is 9. The molecule has 192 valence electrons. The Morgan fingerprint density at radius 3 is 2.41 bits per heavy atom. The molecule has 0 spiro atoms. The number of carbonyl (C=O) groups is 2. The van der Waals surface area contributed by atoms with E-state index in [0.717, 1.165) is 19.5 Å². The topological polar surface area (TPSA) is 101 Å². The van der Waals surface area contributed by atoms with E-state index in [1.807, 2.05) is 25.1 Å². The van der Waals surface area contributed by atoms with Crippen LogP contribution in [0, 0.1) is 5.41 Å². The molecule has 0 aliphatic carbocycles. The lowest BCUT2D eigenvalue weighted by molar-refractivity contribution is -0.242. The molecule has 0 saturated carbocycles. The van der Waals surface area contributed by atoms with Crippen LogP contribution in [-0.2, 0) is 14.3 Å². The zero-order valence-corrected chi connectivity index (χ0v) is 22.6. The van der Waals surface area contributed by atoms with E-state index in [4.69, 9.17) is 4.74 Å².